The second-order valence-corrected chi connectivity index (χ2v) is 11.8. The SMILES string of the molecule is COC(=O)C1=C(C)NC(C)=C(C(=O)OC2(CN)CCN(CCC(c3ccccc3)c3ccccc3)C2)C1c1cccc(N)c1. The van der Waals surface area contributed by atoms with Crippen molar-refractivity contribution >= 4 is 17.6 Å². The number of benzene rings is 3. The van der Waals surface area contributed by atoms with Crippen LogP contribution in [0.2, 0.25) is 0 Å². The lowest BCUT2D eigenvalue weighted by Gasteiger charge is -2.34. The summed E-state index contributed by atoms with van der Waals surface area (Å²) in [6.07, 6.45) is 1.54. The van der Waals surface area contributed by atoms with Crippen LogP contribution < -0.4 is 16.8 Å². The summed E-state index contributed by atoms with van der Waals surface area (Å²) in [5.41, 5.74) is 17.3. The van der Waals surface area contributed by atoms with E-state index in [0.717, 1.165) is 19.5 Å². The molecule has 0 aromatic heterocycles. The highest BCUT2D eigenvalue weighted by Crippen LogP contribution is 2.41. The zero-order valence-corrected chi connectivity index (χ0v) is 25.7. The molecule has 1 saturated heterocycles. The lowest BCUT2D eigenvalue weighted by molar-refractivity contribution is -0.153. The molecule has 2 aliphatic heterocycles. The number of nitrogen functional groups attached to an aromatic ring is 1. The summed E-state index contributed by atoms with van der Waals surface area (Å²) < 4.78 is 11.5. The molecule has 3 aromatic rings. The number of hydrogen-bond acceptors (Lipinski definition) is 8. The first-order chi connectivity index (χ1) is 21.2. The summed E-state index contributed by atoms with van der Waals surface area (Å²) in [5.74, 6) is -1.48. The van der Waals surface area contributed by atoms with Gasteiger partial charge in [-0.25, -0.2) is 9.59 Å². The number of rotatable bonds is 10. The summed E-state index contributed by atoms with van der Waals surface area (Å²) in [6.45, 7) is 5.94. The van der Waals surface area contributed by atoms with Crippen molar-refractivity contribution in [1.82, 2.24) is 10.2 Å². The Labute approximate surface area is 259 Å². The van der Waals surface area contributed by atoms with Gasteiger partial charge in [-0.2, -0.15) is 0 Å². The number of anilines is 1. The van der Waals surface area contributed by atoms with Crippen molar-refractivity contribution in [1.29, 1.82) is 0 Å². The molecular weight excluding hydrogens is 552 g/mol. The van der Waals surface area contributed by atoms with Gasteiger partial charge in [-0.05, 0) is 55.6 Å². The molecule has 2 heterocycles. The third-order valence-corrected chi connectivity index (χ3v) is 8.84. The van der Waals surface area contributed by atoms with Crippen LogP contribution >= 0.6 is 0 Å². The van der Waals surface area contributed by atoms with E-state index in [0.29, 0.717) is 46.8 Å². The van der Waals surface area contributed by atoms with Gasteiger partial charge in [0.15, 0.2) is 0 Å². The van der Waals surface area contributed by atoms with Crippen molar-refractivity contribution in [3.8, 4) is 0 Å². The first-order valence-electron chi connectivity index (χ1n) is 15.1. The molecule has 0 aliphatic carbocycles. The second kappa shape index (κ2) is 13.5. The Hall–Kier alpha value is -4.40. The van der Waals surface area contributed by atoms with Crippen LogP contribution in [0.5, 0.6) is 0 Å². The van der Waals surface area contributed by atoms with Gasteiger partial charge in [0.2, 0.25) is 0 Å². The molecule has 1 fully saturated rings. The van der Waals surface area contributed by atoms with Gasteiger partial charge < -0.3 is 26.3 Å². The Morgan fingerprint density at radius 1 is 0.932 bits per heavy atom. The predicted molar refractivity (Wildman–Crippen MR) is 172 cm³/mol. The number of ether oxygens (including phenoxy) is 2. The van der Waals surface area contributed by atoms with E-state index >= 15 is 0 Å². The smallest absolute Gasteiger partial charge is 0.337 e. The molecule has 2 atom stereocenters. The van der Waals surface area contributed by atoms with Gasteiger partial charge in [0, 0.05) is 49.1 Å². The predicted octanol–water partition coefficient (Wildman–Crippen LogP) is 4.85. The minimum Gasteiger partial charge on any atom is -0.466 e. The highest BCUT2D eigenvalue weighted by atomic mass is 16.6. The zero-order valence-electron chi connectivity index (χ0n) is 25.7. The summed E-state index contributed by atoms with van der Waals surface area (Å²) in [4.78, 5) is 29.4. The van der Waals surface area contributed by atoms with Crippen LogP contribution in [-0.2, 0) is 19.1 Å². The van der Waals surface area contributed by atoms with Crippen molar-refractivity contribution in [3.05, 3.63) is 124 Å². The number of hydrogen-bond donors (Lipinski definition) is 3. The lowest BCUT2D eigenvalue weighted by atomic mass is 9.80. The number of carbonyl (C=O) groups excluding carboxylic acids is 2. The van der Waals surface area contributed by atoms with Gasteiger partial charge in [-0.3, -0.25) is 4.90 Å². The van der Waals surface area contributed by atoms with E-state index in [1.807, 2.05) is 31.2 Å². The van der Waals surface area contributed by atoms with Gasteiger partial charge in [-0.15, -0.1) is 0 Å². The minimum absolute atomic E-state index is 0.192. The molecule has 5 N–H and O–H groups in total. The van der Waals surface area contributed by atoms with Gasteiger partial charge in [0.1, 0.15) is 5.60 Å². The molecule has 0 radical (unpaired) electrons. The molecular formula is C36H42N4O4. The fourth-order valence-electron chi connectivity index (χ4n) is 6.59. The highest BCUT2D eigenvalue weighted by molar-refractivity contribution is 6.00. The van der Waals surface area contributed by atoms with Crippen molar-refractivity contribution in [3.63, 3.8) is 0 Å². The normalized spacial score (nSPS) is 20.5. The Balaban J connectivity index is 1.35. The van der Waals surface area contributed by atoms with Crippen molar-refractivity contribution < 1.29 is 19.1 Å². The molecule has 0 saturated carbocycles. The average Bonchev–Trinajstić information content (AvgIpc) is 3.44. The molecule has 0 spiro atoms. The van der Waals surface area contributed by atoms with Crippen molar-refractivity contribution in [2.45, 2.75) is 44.1 Å². The number of allylic oxidation sites excluding steroid dienone is 2. The Bertz CT molecular complexity index is 1510. The molecule has 230 valence electrons. The van der Waals surface area contributed by atoms with Crippen LogP contribution in [0.25, 0.3) is 0 Å². The van der Waals surface area contributed by atoms with Gasteiger partial charge >= 0.3 is 11.9 Å². The number of dihydropyridines is 1. The van der Waals surface area contributed by atoms with Crippen molar-refractivity contribution in [2.24, 2.45) is 5.73 Å². The van der Waals surface area contributed by atoms with Crippen LogP contribution in [0.4, 0.5) is 5.69 Å². The Morgan fingerprint density at radius 3 is 2.11 bits per heavy atom. The van der Waals surface area contributed by atoms with E-state index in [9.17, 15) is 9.59 Å². The first kappa shape index (κ1) is 31.0. The molecule has 2 unspecified atom stereocenters. The van der Waals surface area contributed by atoms with E-state index < -0.39 is 23.5 Å². The fourth-order valence-corrected chi connectivity index (χ4v) is 6.59. The van der Waals surface area contributed by atoms with Crippen LogP contribution in [-0.4, -0.2) is 55.7 Å². The van der Waals surface area contributed by atoms with E-state index in [-0.39, 0.29) is 12.5 Å². The summed E-state index contributed by atoms with van der Waals surface area (Å²) in [5, 5.41) is 3.20. The van der Waals surface area contributed by atoms with Crippen LogP contribution in [0.15, 0.2) is 107 Å². The second-order valence-electron chi connectivity index (χ2n) is 11.8. The number of nitrogens with zero attached hydrogens (tertiary/aromatic N) is 1. The van der Waals surface area contributed by atoms with Gasteiger partial charge in [-0.1, -0.05) is 72.8 Å². The number of nitrogens with one attached hydrogen (secondary N) is 1. The maximum atomic E-state index is 14.1. The van der Waals surface area contributed by atoms with Gasteiger partial charge in [0.25, 0.3) is 0 Å². The number of likely N-dealkylation sites (tertiary alicyclic amines) is 1. The number of nitrogens with two attached hydrogens (primary N) is 2. The molecule has 44 heavy (non-hydrogen) atoms. The summed E-state index contributed by atoms with van der Waals surface area (Å²) in [7, 11) is 1.33. The Morgan fingerprint density at radius 2 is 1.55 bits per heavy atom. The monoisotopic (exact) mass is 594 g/mol. The zero-order chi connectivity index (χ0) is 31.3. The number of carbonyl (C=O) groups is 2. The van der Waals surface area contributed by atoms with E-state index in [2.05, 4.69) is 58.7 Å². The number of methoxy groups -OCH3 is 1. The maximum Gasteiger partial charge on any atom is 0.337 e. The van der Waals surface area contributed by atoms with Gasteiger partial charge in [0.05, 0.1) is 24.2 Å². The molecule has 0 amide bonds. The molecule has 3 aromatic carbocycles. The average molecular weight is 595 g/mol. The van der Waals surface area contributed by atoms with Crippen LogP contribution in [0, 0.1) is 0 Å². The molecule has 2 aliphatic rings. The Kier molecular flexibility index (Phi) is 9.52. The lowest BCUT2D eigenvalue weighted by Crippen LogP contribution is -2.46. The topological polar surface area (TPSA) is 120 Å². The third kappa shape index (κ3) is 6.56. The van der Waals surface area contributed by atoms with E-state index in [1.165, 1.54) is 18.2 Å². The standard InChI is InChI=1S/C36H42N4O4/c1-24-31(34(41)43-3)33(28-15-10-16-29(38)21-28)32(25(2)39-24)35(42)44-36(22-37)18-20-40(23-36)19-17-30(26-11-6-4-7-12-26)27-13-8-5-9-14-27/h4-16,21,30,33,39H,17-20,22-23,37-38H2,1-3H3. The number of esters is 2. The summed E-state index contributed by atoms with van der Waals surface area (Å²) >= 11 is 0. The van der Waals surface area contributed by atoms with Crippen LogP contribution in [0.1, 0.15) is 55.2 Å². The summed E-state index contributed by atoms with van der Waals surface area (Å²) in [6, 6.07) is 28.3. The molecule has 5 rings (SSSR count). The molecule has 0 bridgehead atoms. The largest absolute Gasteiger partial charge is 0.466 e. The van der Waals surface area contributed by atoms with Crippen LogP contribution in [0.3, 0.4) is 0 Å². The van der Waals surface area contributed by atoms with E-state index in [4.69, 9.17) is 20.9 Å². The van der Waals surface area contributed by atoms with E-state index in [1.54, 1.807) is 19.1 Å². The third-order valence-electron chi connectivity index (χ3n) is 8.84. The maximum absolute atomic E-state index is 14.1. The fraction of sp³-hybridized carbons (Fsp3) is 0.333. The van der Waals surface area contributed by atoms with Crippen molar-refractivity contribution in [2.75, 3.05) is 39.0 Å². The first-order valence-corrected chi connectivity index (χ1v) is 15.1. The molecule has 8 heteroatoms. The molecule has 8 nitrogen and oxygen atoms in total. The highest BCUT2D eigenvalue weighted by Gasteiger charge is 2.44. The minimum atomic E-state index is -0.846. The quantitative estimate of drug-likeness (QED) is 0.225.